The number of pyridine rings is 1. The van der Waals surface area contributed by atoms with Crippen molar-refractivity contribution >= 4 is 5.91 Å². The quantitative estimate of drug-likeness (QED) is 0.902. The molecule has 0 saturated carbocycles. The average Bonchev–Trinajstić information content (AvgIpc) is 2.92. The Hall–Kier alpha value is -2.21. The zero-order valence-corrected chi connectivity index (χ0v) is 12.8. The van der Waals surface area contributed by atoms with Crippen LogP contribution in [0.25, 0.3) is 0 Å². The second-order valence-corrected chi connectivity index (χ2v) is 5.58. The number of hydrogen-bond acceptors (Lipinski definition) is 4. The molecule has 0 aliphatic carbocycles. The highest BCUT2D eigenvalue weighted by atomic mass is 16.5. The van der Waals surface area contributed by atoms with Gasteiger partial charge >= 0.3 is 0 Å². The number of ether oxygens (including phenoxy) is 1. The maximum absolute atomic E-state index is 12.3. The summed E-state index contributed by atoms with van der Waals surface area (Å²) in [6, 6.07) is 5.77. The molecule has 2 aromatic heterocycles. The largest absolute Gasteiger partial charge is 0.369 e. The van der Waals surface area contributed by atoms with Gasteiger partial charge in [-0.1, -0.05) is 6.07 Å². The fourth-order valence-corrected chi connectivity index (χ4v) is 2.80. The lowest BCUT2D eigenvalue weighted by atomic mass is 9.99. The average molecular weight is 300 g/mol. The van der Waals surface area contributed by atoms with Crippen LogP contribution in [0.3, 0.4) is 0 Å². The lowest BCUT2D eigenvalue weighted by molar-refractivity contribution is -0.00697. The Bertz CT molecular complexity index is 653. The van der Waals surface area contributed by atoms with Crippen LogP contribution in [-0.4, -0.2) is 33.7 Å². The van der Waals surface area contributed by atoms with E-state index >= 15 is 0 Å². The first-order chi connectivity index (χ1) is 10.6. The van der Waals surface area contributed by atoms with E-state index in [1.165, 1.54) is 0 Å². The molecule has 0 unspecified atom stereocenters. The topological polar surface area (TPSA) is 79.9 Å². The van der Waals surface area contributed by atoms with Crippen molar-refractivity contribution in [3.63, 3.8) is 0 Å². The molecule has 1 amide bonds. The minimum Gasteiger partial charge on any atom is -0.369 e. The van der Waals surface area contributed by atoms with Crippen LogP contribution in [0.15, 0.2) is 24.4 Å². The fraction of sp³-hybridized carbons (Fsp3) is 0.438. The summed E-state index contributed by atoms with van der Waals surface area (Å²) in [5.41, 5.74) is 3.33. The first-order valence-electron chi connectivity index (χ1n) is 7.56. The predicted molar refractivity (Wildman–Crippen MR) is 81.5 cm³/mol. The van der Waals surface area contributed by atoms with E-state index in [1.807, 2.05) is 32.0 Å². The van der Waals surface area contributed by atoms with E-state index in [-0.39, 0.29) is 18.1 Å². The molecule has 0 spiro atoms. The number of rotatable bonds is 4. The normalized spacial score (nSPS) is 20.5. The highest BCUT2D eigenvalue weighted by Gasteiger charge is 2.29. The fourth-order valence-electron chi connectivity index (χ4n) is 2.80. The van der Waals surface area contributed by atoms with E-state index in [1.54, 1.807) is 6.20 Å². The second-order valence-electron chi connectivity index (χ2n) is 5.58. The number of aromatic amines is 1. The number of nitrogens with zero attached hydrogens (tertiary/aromatic N) is 2. The molecule has 0 radical (unpaired) electrons. The van der Waals surface area contributed by atoms with Gasteiger partial charge in [0.05, 0.1) is 17.9 Å². The second kappa shape index (κ2) is 6.27. The zero-order chi connectivity index (χ0) is 15.5. The van der Waals surface area contributed by atoms with Crippen molar-refractivity contribution in [2.24, 2.45) is 0 Å². The van der Waals surface area contributed by atoms with Crippen molar-refractivity contribution in [3.05, 3.63) is 47.0 Å². The molecule has 3 rings (SSSR count). The smallest absolute Gasteiger partial charge is 0.272 e. The molecular formula is C16H20N4O2. The maximum atomic E-state index is 12.3. The SMILES string of the molecule is C[C@@H]1Cc2c(C(=O)NCCc3ccccn3)n[nH]c2[C@H](C)O1. The van der Waals surface area contributed by atoms with Gasteiger partial charge in [0.25, 0.3) is 5.91 Å². The summed E-state index contributed by atoms with van der Waals surface area (Å²) >= 11 is 0. The molecule has 3 heterocycles. The van der Waals surface area contributed by atoms with Crippen LogP contribution >= 0.6 is 0 Å². The first kappa shape index (κ1) is 14.7. The Morgan fingerprint density at radius 2 is 2.32 bits per heavy atom. The Morgan fingerprint density at radius 3 is 3.09 bits per heavy atom. The van der Waals surface area contributed by atoms with E-state index in [0.717, 1.165) is 17.0 Å². The van der Waals surface area contributed by atoms with Gasteiger partial charge in [0, 0.05) is 36.8 Å². The standard InChI is InChI=1S/C16H20N4O2/c1-10-9-13-14(11(2)22-10)19-20-15(13)16(21)18-8-6-12-5-3-4-7-17-12/h3-5,7,10-11H,6,8-9H2,1-2H3,(H,18,21)(H,19,20)/t10-,11+/m1/s1. The number of aromatic nitrogens is 3. The van der Waals surface area contributed by atoms with Gasteiger partial charge in [0.15, 0.2) is 5.69 Å². The zero-order valence-electron chi connectivity index (χ0n) is 12.8. The Kier molecular flexibility index (Phi) is 4.20. The molecule has 2 atom stereocenters. The summed E-state index contributed by atoms with van der Waals surface area (Å²) in [7, 11) is 0. The van der Waals surface area contributed by atoms with Crippen molar-refractivity contribution < 1.29 is 9.53 Å². The van der Waals surface area contributed by atoms with Gasteiger partial charge in [-0.25, -0.2) is 0 Å². The molecule has 0 saturated heterocycles. The summed E-state index contributed by atoms with van der Waals surface area (Å²) in [6.07, 6.45) is 3.21. The lowest BCUT2D eigenvalue weighted by Crippen LogP contribution is -2.29. The van der Waals surface area contributed by atoms with E-state index < -0.39 is 0 Å². The third-order valence-corrected chi connectivity index (χ3v) is 3.84. The minimum atomic E-state index is -0.144. The summed E-state index contributed by atoms with van der Waals surface area (Å²) in [6.45, 7) is 4.52. The molecule has 1 aliphatic rings. The third kappa shape index (κ3) is 3.01. The van der Waals surface area contributed by atoms with Crippen LogP contribution < -0.4 is 5.32 Å². The molecule has 0 bridgehead atoms. The molecule has 6 heteroatoms. The molecule has 2 aromatic rings. The van der Waals surface area contributed by atoms with Gasteiger partial charge in [-0.15, -0.1) is 0 Å². The summed E-state index contributed by atoms with van der Waals surface area (Å²) in [5, 5.41) is 10.0. The van der Waals surface area contributed by atoms with Crippen LogP contribution in [-0.2, 0) is 17.6 Å². The van der Waals surface area contributed by atoms with Crippen LogP contribution in [0.5, 0.6) is 0 Å². The predicted octanol–water partition coefficient (Wildman–Crippen LogP) is 1.80. The van der Waals surface area contributed by atoms with Gasteiger partial charge in [0.1, 0.15) is 0 Å². The summed E-state index contributed by atoms with van der Waals surface area (Å²) < 4.78 is 5.73. The van der Waals surface area contributed by atoms with Gasteiger partial charge in [-0.2, -0.15) is 5.10 Å². The molecule has 116 valence electrons. The number of carbonyl (C=O) groups is 1. The molecule has 0 aromatic carbocycles. The summed E-state index contributed by atoms with van der Waals surface area (Å²) in [5.74, 6) is -0.144. The van der Waals surface area contributed by atoms with Gasteiger partial charge in [0.2, 0.25) is 0 Å². The number of fused-ring (bicyclic) bond motifs is 1. The number of amides is 1. The maximum Gasteiger partial charge on any atom is 0.272 e. The summed E-state index contributed by atoms with van der Waals surface area (Å²) in [4.78, 5) is 16.6. The van der Waals surface area contributed by atoms with Gasteiger partial charge in [-0.3, -0.25) is 14.9 Å². The van der Waals surface area contributed by atoms with E-state index in [2.05, 4.69) is 20.5 Å². The van der Waals surface area contributed by atoms with Crippen LogP contribution in [0.4, 0.5) is 0 Å². The molecule has 2 N–H and O–H groups in total. The highest BCUT2D eigenvalue weighted by Crippen LogP contribution is 2.29. The Balaban J connectivity index is 1.64. The van der Waals surface area contributed by atoms with Crippen molar-refractivity contribution in [3.8, 4) is 0 Å². The molecule has 1 aliphatic heterocycles. The molecule has 6 nitrogen and oxygen atoms in total. The Labute approximate surface area is 129 Å². The molecular weight excluding hydrogens is 280 g/mol. The number of H-pyrrole nitrogens is 1. The minimum absolute atomic E-state index is 0.0543. The molecule has 22 heavy (non-hydrogen) atoms. The highest BCUT2D eigenvalue weighted by molar-refractivity contribution is 5.94. The Morgan fingerprint density at radius 1 is 1.45 bits per heavy atom. The number of hydrogen-bond donors (Lipinski definition) is 2. The lowest BCUT2D eigenvalue weighted by Gasteiger charge is -2.25. The first-order valence-corrected chi connectivity index (χ1v) is 7.56. The van der Waals surface area contributed by atoms with E-state index in [4.69, 9.17) is 4.74 Å². The number of carbonyl (C=O) groups excluding carboxylic acids is 1. The third-order valence-electron chi connectivity index (χ3n) is 3.84. The van der Waals surface area contributed by atoms with E-state index in [0.29, 0.717) is 25.1 Å². The number of nitrogens with one attached hydrogen (secondary N) is 2. The van der Waals surface area contributed by atoms with E-state index in [9.17, 15) is 4.79 Å². The van der Waals surface area contributed by atoms with Crippen LogP contribution in [0.2, 0.25) is 0 Å². The van der Waals surface area contributed by atoms with Crippen LogP contribution in [0, 0.1) is 0 Å². The van der Waals surface area contributed by atoms with Crippen molar-refractivity contribution in [2.45, 2.75) is 38.9 Å². The van der Waals surface area contributed by atoms with Crippen molar-refractivity contribution in [1.82, 2.24) is 20.5 Å². The van der Waals surface area contributed by atoms with Crippen molar-refractivity contribution in [2.75, 3.05) is 6.54 Å². The van der Waals surface area contributed by atoms with Gasteiger partial charge < -0.3 is 10.1 Å². The van der Waals surface area contributed by atoms with Crippen molar-refractivity contribution in [1.29, 1.82) is 0 Å². The van der Waals surface area contributed by atoms with Gasteiger partial charge in [-0.05, 0) is 26.0 Å². The monoisotopic (exact) mass is 300 g/mol. The van der Waals surface area contributed by atoms with Crippen LogP contribution in [0.1, 0.15) is 47.4 Å². The molecule has 0 fully saturated rings.